The number of ether oxygens (including phenoxy) is 2. The Morgan fingerprint density at radius 2 is 1.96 bits per heavy atom. The van der Waals surface area contributed by atoms with Crippen LogP contribution in [0.4, 0.5) is 5.69 Å². The predicted octanol–water partition coefficient (Wildman–Crippen LogP) is 3.76. The zero-order chi connectivity index (χ0) is 18.4. The summed E-state index contributed by atoms with van der Waals surface area (Å²) >= 11 is 0. The molecule has 1 heterocycles. The Hall–Kier alpha value is -3.15. The van der Waals surface area contributed by atoms with Gasteiger partial charge in [0.15, 0.2) is 17.5 Å². The number of fused-ring (bicyclic) bond motifs is 1. The van der Waals surface area contributed by atoms with Gasteiger partial charge in [0.25, 0.3) is 0 Å². The number of nitrogens with one attached hydrogen (secondary N) is 3. The summed E-state index contributed by atoms with van der Waals surface area (Å²) in [7, 11) is 3.37. The molecule has 0 aliphatic carbocycles. The van der Waals surface area contributed by atoms with Gasteiger partial charge in [-0.3, -0.25) is 4.99 Å². The molecule has 3 aromatic rings. The topological polar surface area (TPSA) is 70.7 Å². The van der Waals surface area contributed by atoms with Gasteiger partial charge >= 0.3 is 0 Å². The summed E-state index contributed by atoms with van der Waals surface area (Å²) in [6.07, 6.45) is 0. The zero-order valence-corrected chi connectivity index (χ0v) is 15.3. The average molecular weight is 352 g/mol. The molecule has 0 amide bonds. The first kappa shape index (κ1) is 17.7. The van der Waals surface area contributed by atoms with Crippen molar-refractivity contribution < 1.29 is 9.47 Å². The number of hydrogen-bond donors (Lipinski definition) is 3. The monoisotopic (exact) mass is 352 g/mol. The summed E-state index contributed by atoms with van der Waals surface area (Å²) < 4.78 is 10.9. The van der Waals surface area contributed by atoms with E-state index < -0.39 is 0 Å². The highest BCUT2D eigenvalue weighted by atomic mass is 16.5. The smallest absolute Gasteiger partial charge is 0.195 e. The van der Waals surface area contributed by atoms with Gasteiger partial charge in [0.1, 0.15) is 0 Å². The van der Waals surface area contributed by atoms with Gasteiger partial charge in [0, 0.05) is 30.0 Å². The lowest BCUT2D eigenvalue weighted by Gasteiger charge is -2.14. The Labute approximate surface area is 153 Å². The molecule has 0 bridgehead atoms. The minimum atomic E-state index is 0.577. The number of hydrogen-bond acceptors (Lipinski definition) is 3. The fourth-order valence-electron chi connectivity index (χ4n) is 2.75. The van der Waals surface area contributed by atoms with Crippen LogP contribution in [-0.4, -0.2) is 31.7 Å². The lowest BCUT2D eigenvalue weighted by Crippen LogP contribution is -2.30. The van der Waals surface area contributed by atoms with Crippen molar-refractivity contribution in [2.75, 3.05) is 26.1 Å². The van der Waals surface area contributed by atoms with Crippen LogP contribution in [0.3, 0.4) is 0 Å². The highest BCUT2D eigenvalue weighted by Crippen LogP contribution is 2.30. The first-order valence-electron chi connectivity index (χ1n) is 8.58. The van der Waals surface area contributed by atoms with Crippen LogP contribution in [0.2, 0.25) is 0 Å². The fraction of sp³-hybridized carbons (Fsp3) is 0.250. The number of methoxy groups -OCH3 is 1. The number of nitrogens with zero attached hydrogens (tertiary/aromatic N) is 1. The Kier molecular flexibility index (Phi) is 5.63. The fourth-order valence-corrected chi connectivity index (χ4v) is 2.75. The molecule has 0 saturated carbocycles. The van der Waals surface area contributed by atoms with Gasteiger partial charge in [0.05, 0.1) is 20.3 Å². The molecule has 136 valence electrons. The quantitative estimate of drug-likeness (QED) is 0.467. The van der Waals surface area contributed by atoms with E-state index in [-0.39, 0.29) is 0 Å². The highest BCUT2D eigenvalue weighted by molar-refractivity contribution is 5.94. The number of aliphatic imine (C=N–C) groups is 1. The summed E-state index contributed by atoms with van der Waals surface area (Å²) in [5.74, 6) is 2.08. The van der Waals surface area contributed by atoms with E-state index in [4.69, 9.17) is 9.47 Å². The molecule has 1 aromatic heterocycles. The molecule has 26 heavy (non-hydrogen) atoms. The van der Waals surface area contributed by atoms with Crippen molar-refractivity contribution in [2.45, 2.75) is 13.5 Å². The van der Waals surface area contributed by atoms with Gasteiger partial charge < -0.3 is 25.1 Å². The van der Waals surface area contributed by atoms with Crippen molar-refractivity contribution in [2.24, 2.45) is 4.99 Å². The molecule has 3 rings (SSSR count). The maximum atomic E-state index is 5.62. The largest absolute Gasteiger partial charge is 0.493 e. The number of aromatic nitrogens is 1. The van der Waals surface area contributed by atoms with E-state index in [1.54, 1.807) is 14.2 Å². The Bertz CT molecular complexity index is 869. The number of H-pyrrole nitrogens is 1. The Balaban J connectivity index is 1.66. The van der Waals surface area contributed by atoms with Gasteiger partial charge in [0.2, 0.25) is 0 Å². The molecule has 0 radical (unpaired) electrons. The van der Waals surface area contributed by atoms with Crippen LogP contribution in [0.5, 0.6) is 11.5 Å². The van der Waals surface area contributed by atoms with Gasteiger partial charge in [-0.25, -0.2) is 0 Å². The molecule has 6 heteroatoms. The molecule has 0 fully saturated rings. The van der Waals surface area contributed by atoms with Crippen LogP contribution in [0.1, 0.15) is 12.6 Å². The third-order valence-corrected chi connectivity index (χ3v) is 3.98. The van der Waals surface area contributed by atoms with Gasteiger partial charge in [-0.2, -0.15) is 0 Å². The van der Waals surface area contributed by atoms with E-state index >= 15 is 0 Å². The summed E-state index contributed by atoms with van der Waals surface area (Å²) in [4.78, 5) is 7.68. The highest BCUT2D eigenvalue weighted by Gasteiger charge is 2.07. The van der Waals surface area contributed by atoms with Crippen LogP contribution in [0.15, 0.2) is 53.5 Å². The van der Waals surface area contributed by atoms with Crippen LogP contribution in [-0.2, 0) is 6.54 Å². The molecule has 0 aliphatic rings. The number of aromatic amines is 1. The molecule has 3 N–H and O–H groups in total. The third kappa shape index (κ3) is 4.08. The second-order valence-corrected chi connectivity index (χ2v) is 5.73. The lowest BCUT2D eigenvalue weighted by atomic mass is 10.2. The number of rotatable bonds is 6. The third-order valence-electron chi connectivity index (χ3n) is 3.98. The maximum absolute atomic E-state index is 5.62. The molecule has 0 aliphatic heterocycles. The SMILES string of the molecule is CCOc1cc(NC(=NC)NCc2cc3ccccc3[nH]2)ccc1OC. The van der Waals surface area contributed by atoms with E-state index in [9.17, 15) is 0 Å². The Morgan fingerprint density at radius 3 is 2.69 bits per heavy atom. The van der Waals surface area contributed by atoms with Crippen molar-refractivity contribution in [1.82, 2.24) is 10.3 Å². The lowest BCUT2D eigenvalue weighted by molar-refractivity contribution is 0.311. The first-order chi connectivity index (χ1) is 12.7. The molecule has 0 spiro atoms. The van der Waals surface area contributed by atoms with E-state index in [0.29, 0.717) is 30.6 Å². The molecule has 0 atom stereocenters. The van der Waals surface area contributed by atoms with Gasteiger partial charge in [-0.05, 0) is 36.6 Å². The molecular formula is C20H24N4O2. The van der Waals surface area contributed by atoms with Crippen molar-refractivity contribution in [3.63, 3.8) is 0 Å². The maximum Gasteiger partial charge on any atom is 0.195 e. The average Bonchev–Trinajstić information content (AvgIpc) is 3.08. The Morgan fingerprint density at radius 1 is 1.12 bits per heavy atom. The first-order valence-corrected chi connectivity index (χ1v) is 8.58. The second kappa shape index (κ2) is 8.29. The summed E-state index contributed by atoms with van der Waals surface area (Å²) in [6.45, 7) is 3.16. The van der Waals surface area contributed by atoms with Crippen molar-refractivity contribution in [3.05, 3.63) is 54.2 Å². The minimum absolute atomic E-state index is 0.577. The van der Waals surface area contributed by atoms with E-state index in [1.165, 1.54) is 5.39 Å². The van der Waals surface area contributed by atoms with E-state index in [1.807, 2.05) is 37.3 Å². The molecule has 0 unspecified atom stereocenters. The molecule has 0 saturated heterocycles. The molecule has 6 nitrogen and oxygen atoms in total. The van der Waals surface area contributed by atoms with Gasteiger partial charge in [-0.1, -0.05) is 18.2 Å². The standard InChI is InChI=1S/C20H24N4O2/c1-4-26-19-12-15(9-10-18(19)25-3)24-20(21-2)22-13-16-11-14-7-5-6-8-17(14)23-16/h5-12,23H,4,13H2,1-3H3,(H2,21,22,24). The zero-order valence-electron chi connectivity index (χ0n) is 15.3. The normalized spacial score (nSPS) is 11.4. The summed E-state index contributed by atoms with van der Waals surface area (Å²) in [6, 6.07) is 16.1. The number of guanidine groups is 1. The molecular weight excluding hydrogens is 328 g/mol. The summed E-state index contributed by atoms with van der Waals surface area (Å²) in [5.41, 5.74) is 3.10. The predicted molar refractivity (Wildman–Crippen MR) is 106 cm³/mol. The van der Waals surface area contributed by atoms with Crippen LogP contribution < -0.4 is 20.1 Å². The van der Waals surface area contributed by atoms with Crippen LogP contribution in [0.25, 0.3) is 10.9 Å². The minimum Gasteiger partial charge on any atom is -0.493 e. The number of benzene rings is 2. The second-order valence-electron chi connectivity index (χ2n) is 5.73. The van der Waals surface area contributed by atoms with E-state index in [0.717, 1.165) is 16.9 Å². The van der Waals surface area contributed by atoms with Crippen LogP contribution in [0, 0.1) is 0 Å². The van der Waals surface area contributed by atoms with Gasteiger partial charge in [-0.15, -0.1) is 0 Å². The molecule has 2 aromatic carbocycles. The number of anilines is 1. The number of para-hydroxylation sites is 1. The van der Waals surface area contributed by atoms with Crippen molar-refractivity contribution in [3.8, 4) is 11.5 Å². The summed E-state index contributed by atoms with van der Waals surface area (Å²) in [5, 5.41) is 7.78. The van der Waals surface area contributed by atoms with E-state index in [2.05, 4.69) is 38.8 Å². The van der Waals surface area contributed by atoms with Crippen LogP contribution >= 0.6 is 0 Å². The van der Waals surface area contributed by atoms with Crippen molar-refractivity contribution in [1.29, 1.82) is 0 Å². The van der Waals surface area contributed by atoms with Crippen molar-refractivity contribution >= 4 is 22.5 Å².